The van der Waals surface area contributed by atoms with Gasteiger partial charge in [-0.1, -0.05) is 12.1 Å². The van der Waals surface area contributed by atoms with Crippen molar-refractivity contribution in [3.63, 3.8) is 0 Å². The number of nitrogens with one attached hydrogen (secondary N) is 2. The van der Waals surface area contributed by atoms with E-state index in [1.54, 1.807) is 24.4 Å². The van der Waals surface area contributed by atoms with Crippen molar-refractivity contribution in [2.45, 2.75) is 19.3 Å². The zero-order valence-corrected chi connectivity index (χ0v) is 14.6. The van der Waals surface area contributed by atoms with Gasteiger partial charge in [-0.3, -0.25) is 20.0 Å². The predicted octanol–water partition coefficient (Wildman–Crippen LogP) is 2.25. The van der Waals surface area contributed by atoms with E-state index in [0.29, 0.717) is 23.6 Å². The van der Waals surface area contributed by atoms with Crippen LogP contribution in [0.25, 0.3) is 0 Å². The summed E-state index contributed by atoms with van der Waals surface area (Å²) in [7, 11) is 1.52. The number of rotatable bonds is 4. The van der Waals surface area contributed by atoms with Crippen LogP contribution in [0.4, 0.5) is 13.2 Å². The Morgan fingerprint density at radius 3 is 2.75 bits per heavy atom. The third kappa shape index (κ3) is 3.95. The number of aromatic nitrogens is 1. The van der Waals surface area contributed by atoms with Gasteiger partial charge in [-0.15, -0.1) is 0 Å². The number of carbonyl (C=O) groups is 2. The van der Waals surface area contributed by atoms with Crippen molar-refractivity contribution in [2.24, 2.45) is 0 Å². The number of pyridine rings is 1. The summed E-state index contributed by atoms with van der Waals surface area (Å²) in [5, 5.41) is 9.14. The number of ether oxygens (including phenoxy) is 1. The SMILES string of the molecule is COc1ccnc(CN2Cc3ccc(C(=N)NC(=O)C(F)(F)F)cc3C2=O)c1. The number of nitrogens with zero attached hydrogens (tertiary/aromatic N) is 2. The molecule has 10 heteroatoms. The molecule has 0 bridgehead atoms. The van der Waals surface area contributed by atoms with E-state index in [0.717, 1.165) is 0 Å². The zero-order valence-electron chi connectivity index (χ0n) is 14.6. The lowest BCUT2D eigenvalue weighted by Gasteiger charge is -2.15. The first-order chi connectivity index (χ1) is 13.2. The summed E-state index contributed by atoms with van der Waals surface area (Å²) in [6.45, 7) is 0.526. The summed E-state index contributed by atoms with van der Waals surface area (Å²) in [5.41, 5.74) is 1.56. The molecule has 0 atom stereocenters. The fraction of sp³-hybridized carbons (Fsp3) is 0.222. The van der Waals surface area contributed by atoms with Crippen LogP contribution in [0.3, 0.4) is 0 Å². The van der Waals surface area contributed by atoms with E-state index in [1.807, 2.05) is 0 Å². The fourth-order valence-electron chi connectivity index (χ4n) is 2.77. The maximum atomic E-state index is 12.6. The normalized spacial score (nSPS) is 13.3. The number of amidine groups is 1. The first-order valence-corrected chi connectivity index (χ1v) is 8.07. The molecule has 2 heterocycles. The average molecular weight is 392 g/mol. The van der Waals surface area contributed by atoms with Gasteiger partial charge in [-0.2, -0.15) is 13.2 Å². The lowest BCUT2D eigenvalue weighted by atomic mass is 10.1. The molecule has 0 spiro atoms. The number of carbonyl (C=O) groups excluding carboxylic acids is 2. The number of halogens is 3. The summed E-state index contributed by atoms with van der Waals surface area (Å²) in [4.78, 5) is 29.3. The van der Waals surface area contributed by atoms with Crippen molar-refractivity contribution in [1.82, 2.24) is 15.2 Å². The molecule has 1 aromatic carbocycles. The summed E-state index contributed by atoms with van der Waals surface area (Å²) >= 11 is 0. The van der Waals surface area contributed by atoms with Gasteiger partial charge in [-0.25, -0.2) is 0 Å². The van der Waals surface area contributed by atoms with Crippen LogP contribution in [0.15, 0.2) is 36.5 Å². The fourth-order valence-corrected chi connectivity index (χ4v) is 2.77. The van der Waals surface area contributed by atoms with Crippen molar-refractivity contribution >= 4 is 17.6 Å². The van der Waals surface area contributed by atoms with Crippen LogP contribution in [-0.4, -0.2) is 40.8 Å². The van der Waals surface area contributed by atoms with Crippen LogP contribution in [0.5, 0.6) is 5.75 Å². The molecule has 2 aromatic rings. The summed E-state index contributed by atoms with van der Waals surface area (Å²) in [6.07, 6.45) is -3.54. The number of fused-ring (bicyclic) bond motifs is 1. The molecule has 0 fully saturated rings. The van der Waals surface area contributed by atoms with Gasteiger partial charge in [0.05, 0.1) is 19.3 Å². The molecule has 0 unspecified atom stereocenters. The Morgan fingerprint density at radius 2 is 2.07 bits per heavy atom. The first kappa shape index (κ1) is 19.3. The highest BCUT2D eigenvalue weighted by Crippen LogP contribution is 2.26. The van der Waals surface area contributed by atoms with E-state index in [2.05, 4.69) is 4.98 Å². The lowest BCUT2D eigenvalue weighted by molar-refractivity contribution is -0.171. The second-order valence-electron chi connectivity index (χ2n) is 6.05. The minimum Gasteiger partial charge on any atom is -0.497 e. The van der Waals surface area contributed by atoms with Gasteiger partial charge < -0.3 is 15.0 Å². The Kier molecular flexibility index (Phi) is 5.04. The monoisotopic (exact) mass is 392 g/mol. The molecule has 1 aliphatic rings. The zero-order chi connectivity index (χ0) is 20.5. The quantitative estimate of drug-likeness (QED) is 0.616. The van der Waals surface area contributed by atoms with E-state index >= 15 is 0 Å². The molecule has 0 radical (unpaired) electrons. The number of amides is 2. The number of alkyl halides is 3. The topological polar surface area (TPSA) is 95.4 Å². The standard InChI is InChI=1S/C18H15F3N4O3/c1-28-13-4-5-23-12(7-13)9-25-8-11-3-2-10(6-14(11)16(25)26)15(22)24-17(27)18(19,20)21/h2-7H,8-9H2,1H3,(H2,22,24,27). The maximum absolute atomic E-state index is 12.6. The minimum atomic E-state index is -5.10. The van der Waals surface area contributed by atoms with Gasteiger partial charge in [0, 0.05) is 29.9 Å². The Balaban J connectivity index is 1.75. The largest absolute Gasteiger partial charge is 0.497 e. The van der Waals surface area contributed by atoms with Crippen LogP contribution in [-0.2, 0) is 17.9 Å². The molecule has 1 aliphatic heterocycles. The molecule has 1 aromatic heterocycles. The molecule has 0 saturated heterocycles. The molecular weight excluding hydrogens is 377 g/mol. The summed E-state index contributed by atoms with van der Waals surface area (Å²) in [5.74, 6) is -2.71. The Bertz CT molecular complexity index is 959. The molecule has 3 rings (SSSR count). The molecular formula is C18H15F3N4O3. The van der Waals surface area contributed by atoms with Gasteiger partial charge in [0.15, 0.2) is 0 Å². The molecule has 2 amide bonds. The summed E-state index contributed by atoms with van der Waals surface area (Å²) in [6, 6.07) is 7.62. The molecule has 2 N–H and O–H groups in total. The molecule has 7 nitrogen and oxygen atoms in total. The van der Waals surface area contributed by atoms with Crippen molar-refractivity contribution in [3.8, 4) is 5.75 Å². The smallest absolute Gasteiger partial charge is 0.471 e. The summed E-state index contributed by atoms with van der Waals surface area (Å²) < 4.78 is 42.1. The van der Waals surface area contributed by atoms with Crippen LogP contribution >= 0.6 is 0 Å². The highest BCUT2D eigenvalue weighted by Gasteiger charge is 2.39. The van der Waals surface area contributed by atoms with E-state index in [9.17, 15) is 22.8 Å². The van der Waals surface area contributed by atoms with E-state index in [4.69, 9.17) is 10.1 Å². The van der Waals surface area contributed by atoms with Crippen LogP contribution < -0.4 is 10.1 Å². The van der Waals surface area contributed by atoms with Crippen molar-refractivity contribution in [3.05, 3.63) is 58.9 Å². The number of benzene rings is 1. The lowest BCUT2D eigenvalue weighted by Crippen LogP contribution is -2.40. The van der Waals surface area contributed by atoms with Crippen LogP contribution in [0.1, 0.15) is 27.2 Å². The molecule has 0 saturated carbocycles. The minimum absolute atomic E-state index is 0.00561. The van der Waals surface area contributed by atoms with Crippen molar-refractivity contribution in [1.29, 1.82) is 5.41 Å². The van der Waals surface area contributed by atoms with E-state index in [-0.39, 0.29) is 23.6 Å². The third-order valence-corrected chi connectivity index (χ3v) is 4.15. The maximum Gasteiger partial charge on any atom is 0.471 e. The van der Waals surface area contributed by atoms with Gasteiger partial charge >= 0.3 is 12.1 Å². The Labute approximate surface area is 157 Å². The van der Waals surface area contributed by atoms with Crippen molar-refractivity contribution < 1.29 is 27.5 Å². The Morgan fingerprint density at radius 1 is 1.32 bits per heavy atom. The van der Waals surface area contributed by atoms with Gasteiger partial charge in [0.25, 0.3) is 5.91 Å². The first-order valence-electron chi connectivity index (χ1n) is 8.07. The molecule has 146 valence electrons. The number of methoxy groups -OCH3 is 1. The number of hydrogen-bond donors (Lipinski definition) is 2. The van der Waals surface area contributed by atoms with Gasteiger partial charge in [0.2, 0.25) is 0 Å². The Hall–Kier alpha value is -3.43. The average Bonchev–Trinajstić information content (AvgIpc) is 2.96. The highest BCUT2D eigenvalue weighted by atomic mass is 19.4. The third-order valence-electron chi connectivity index (χ3n) is 4.15. The van der Waals surface area contributed by atoms with Crippen LogP contribution in [0, 0.1) is 5.41 Å². The van der Waals surface area contributed by atoms with Crippen LogP contribution in [0.2, 0.25) is 0 Å². The molecule has 0 aliphatic carbocycles. The highest BCUT2D eigenvalue weighted by molar-refractivity contribution is 6.09. The molecule has 28 heavy (non-hydrogen) atoms. The van der Waals surface area contributed by atoms with Crippen molar-refractivity contribution in [2.75, 3.05) is 7.11 Å². The van der Waals surface area contributed by atoms with E-state index in [1.165, 1.54) is 29.5 Å². The van der Waals surface area contributed by atoms with E-state index < -0.39 is 17.9 Å². The van der Waals surface area contributed by atoms with Gasteiger partial charge in [-0.05, 0) is 17.7 Å². The number of hydrogen-bond acceptors (Lipinski definition) is 5. The predicted molar refractivity (Wildman–Crippen MR) is 91.8 cm³/mol. The van der Waals surface area contributed by atoms with Gasteiger partial charge in [0.1, 0.15) is 11.6 Å². The second kappa shape index (κ2) is 7.29. The second-order valence-corrected chi connectivity index (χ2v) is 6.05.